The zero-order valence-electron chi connectivity index (χ0n) is 13.8. The quantitative estimate of drug-likeness (QED) is 0.717. The average Bonchev–Trinajstić information content (AvgIpc) is 2.44. The summed E-state index contributed by atoms with van der Waals surface area (Å²) in [5.74, 6) is 0.0337. The summed E-state index contributed by atoms with van der Waals surface area (Å²) in [5, 5.41) is 15.3. The number of nitrogens with one attached hydrogen (secondary N) is 2. The van der Waals surface area contributed by atoms with Crippen LogP contribution in [0.15, 0.2) is 24.3 Å². The van der Waals surface area contributed by atoms with Gasteiger partial charge in [-0.05, 0) is 18.1 Å². The van der Waals surface area contributed by atoms with Crippen LogP contribution in [-0.4, -0.2) is 30.4 Å². The number of anilines is 1. The highest BCUT2D eigenvalue weighted by Crippen LogP contribution is 2.25. The fraction of sp³-hybridized carbons (Fsp3) is 0.562. The number of urea groups is 1. The molecule has 1 aromatic rings. The number of halogens is 2. The van der Waals surface area contributed by atoms with Crippen LogP contribution in [0.5, 0.6) is 5.75 Å². The van der Waals surface area contributed by atoms with E-state index in [1.54, 1.807) is 6.07 Å². The van der Waals surface area contributed by atoms with Crippen molar-refractivity contribution in [2.45, 2.75) is 40.4 Å². The van der Waals surface area contributed by atoms with E-state index in [0.29, 0.717) is 5.69 Å². The second-order valence-corrected chi connectivity index (χ2v) is 6.39. The molecular formula is C16H24F2N2O3. The highest BCUT2D eigenvalue weighted by Gasteiger charge is 2.30. The summed E-state index contributed by atoms with van der Waals surface area (Å²) in [4.78, 5) is 11.9. The van der Waals surface area contributed by atoms with E-state index in [0.717, 1.165) is 0 Å². The van der Waals surface area contributed by atoms with Crippen molar-refractivity contribution in [2.24, 2.45) is 11.3 Å². The largest absolute Gasteiger partial charge is 0.435 e. The number of ether oxygens (including phenoxy) is 1. The van der Waals surface area contributed by atoms with Crippen LogP contribution in [0.2, 0.25) is 0 Å². The number of rotatable bonds is 7. The molecule has 23 heavy (non-hydrogen) atoms. The van der Waals surface area contributed by atoms with Crippen LogP contribution in [-0.2, 0) is 0 Å². The number of alkyl halides is 2. The molecule has 5 nitrogen and oxygen atoms in total. The smallest absolute Gasteiger partial charge is 0.387 e. The number of hydrogen-bond donors (Lipinski definition) is 3. The van der Waals surface area contributed by atoms with Crippen molar-refractivity contribution < 1.29 is 23.4 Å². The number of benzene rings is 1. The van der Waals surface area contributed by atoms with Crippen molar-refractivity contribution in [3.8, 4) is 5.75 Å². The van der Waals surface area contributed by atoms with Crippen LogP contribution in [0.25, 0.3) is 0 Å². The van der Waals surface area contributed by atoms with Crippen molar-refractivity contribution in [1.29, 1.82) is 0 Å². The van der Waals surface area contributed by atoms with Gasteiger partial charge in [0.25, 0.3) is 0 Å². The molecule has 0 heterocycles. The van der Waals surface area contributed by atoms with Crippen molar-refractivity contribution in [1.82, 2.24) is 5.32 Å². The fourth-order valence-corrected chi connectivity index (χ4v) is 2.24. The minimum absolute atomic E-state index is 0.0339. The second kappa shape index (κ2) is 8.10. The van der Waals surface area contributed by atoms with Gasteiger partial charge in [0, 0.05) is 23.7 Å². The topological polar surface area (TPSA) is 70.6 Å². The van der Waals surface area contributed by atoms with E-state index < -0.39 is 24.2 Å². The van der Waals surface area contributed by atoms with Crippen LogP contribution >= 0.6 is 0 Å². The van der Waals surface area contributed by atoms with Gasteiger partial charge in [-0.1, -0.05) is 33.8 Å². The summed E-state index contributed by atoms with van der Waals surface area (Å²) in [6.07, 6.45) is -0.564. The molecule has 0 saturated heterocycles. The van der Waals surface area contributed by atoms with Gasteiger partial charge in [0.2, 0.25) is 0 Å². The molecule has 0 aliphatic carbocycles. The molecule has 0 aromatic heterocycles. The van der Waals surface area contributed by atoms with Gasteiger partial charge < -0.3 is 20.5 Å². The molecule has 0 fully saturated rings. The molecule has 130 valence electrons. The lowest BCUT2D eigenvalue weighted by Crippen LogP contribution is -2.44. The third-order valence-electron chi connectivity index (χ3n) is 3.45. The molecule has 0 spiro atoms. The van der Waals surface area contributed by atoms with Gasteiger partial charge in [-0.15, -0.1) is 0 Å². The third kappa shape index (κ3) is 6.40. The second-order valence-electron chi connectivity index (χ2n) is 6.39. The molecule has 0 saturated carbocycles. The molecule has 0 bridgehead atoms. The van der Waals surface area contributed by atoms with Gasteiger partial charge in [-0.25, -0.2) is 4.79 Å². The predicted molar refractivity (Wildman–Crippen MR) is 84.7 cm³/mol. The van der Waals surface area contributed by atoms with Gasteiger partial charge in [0.05, 0.1) is 6.10 Å². The first kappa shape index (κ1) is 19.2. The van der Waals surface area contributed by atoms with E-state index in [2.05, 4.69) is 15.4 Å². The maximum absolute atomic E-state index is 12.2. The van der Waals surface area contributed by atoms with Crippen molar-refractivity contribution in [2.75, 3.05) is 11.9 Å². The number of aliphatic hydroxyl groups is 1. The average molecular weight is 330 g/mol. The Morgan fingerprint density at radius 2 is 2.00 bits per heavy atom. The highest BCUT2D eigenvalue weighted by atomic mass is 19.3. The standard InChI is InChI=1S/C16H24F2N2O3/c1-10(2)13(21)16(3,4)9-19-15(22)20-11-6-5-7-12(8-11)23-14(17)18/h5-8,10,13-14,21H,9H2,1-4H3,(H2,19,20,22). The zero-order chi connectivity index (χ0) is 17.6. The molecule has 7 heteroatoms. The lowest BCUT2D eigenvalue weighted by Gasteiger charge is -2.33. The minimum Gasteiger partial charge on any atom is -0.435 e. The number of amides is 2. The Balaban J connectivity index is 2.57. The third-order valence-corrected chi connectivity index (χ3v) is 3.45. The van der Waals surface area contributed by atoms with Crippen LogP contribution in [0.1, 0.15) is 27.7 Å². The Labute approximate surface area is 135 Å². The molecule has 1 aromatic carbocycles. The van der Waals surface area contributed by atoms with E-state index in [-0.39, 0.29) is 18.2 Å². The van der Waals surface area contributed by atoms with E-state index >= 15 is 0 Å². The molecule has 0 aliphatic rings. The normalized spacial score (nSPS) is 13.1. The first-order valence-electron chi connectivity index (χ1n) is 7.39. The predicted octanol–water partition coefficient (Wildman–Crippen LogP) is 3.45. The molecular weight excluding hydrogens is 306 g/mol. The van der Waals surface area contributed by atoms with Crippen LogP contribution in [0.3, 0.4) is 0 Å². The van der Waals surface area contributed by atoms with Gasteiger partial charge in [-0.3, -0.25) is 0 Å². The van der Waals surface area contributed by atoms with Crippen LogP contribution in [0, 0.1) is 11.3 Å². The number of aliphatic hydroxyl groups excluding tert-OH is 1. The van der Waals surface area contributed by atoms with Gasteiger partial charge in [0.1, 0.15) is 5.75 Å². The maximum atomic E-state index is 12.2. The van der Waals surface area contributed by atoms with Crippen molar-refractivity contribution in [3.05, 3.63) is 24.3 Å². The van der Waals surface area contributed by atoms with Gasteiger partial charge in [-0.2, -0.15) is 8.78 Å². The monoisotopic (exact) mass is 330 g/mol. The summed E-state index contributed by atoms with van der Waals surface area (Å²) in [6, 6.07) is 5.26. The molecule has 1 rings (SSSR count). The molecule has 1 atom stereocenters. The van der Waals surface area contributed by atoms with Crippen molar-refractivity contribution >= 4 is 11.7 Å². The Bertz CT molecular complexity index is 522. The minimum atomic E-state index is -2.92. The van der Waals surface area contributed by atoms with Crippen LogP contribution in [0.4, 0.5) is 19.3 Å². The summed E-state index contributed by atoms with van der Waals surface area (Å²) in [7, 11) is 0. The number of hydrogen-bond acceptors (Lipinski definition) is 3. The maximum Gasteiger partial charge on any atom is 0.387 e. The summed E-state index contributed by atoms with van der Waals surface area (Å²) in [5.41, 5.74) is -0.158. The van der Waals surface area contributed by atoms with E-state index in [9.17, 15) is 18.7 Å². The van der Waals surface area contributed by atoms with Gasteiger partial charge in [0.15, 0.2) is 0 Å². The molecule has 0 aliphatic heterocycles. The lowest BCUT2D eigenvalue weighted by atomic mass is 9.81. The Morgan fingerprint density at radius 1 is 1.35 bits per heavy atom. The Hall–Kier alpha value is -1.89. The van der Waals surface area contributed by atoms with Gasteiger partial charge >= 0.3 is 12.6 Å². The Morgan fingerprint density at radius 3 is 2.57 bits per heavy atom. The van der Waals surface area contributed by atoms with E-state index in [4.69, 9.17) is 0 Å². The fourth-order valence-electron chi connectivity index (χ4n) is 2.24. The van der Waals surface area contributed by atoms with Crippen molar-refractivity contribution in [3.63, 3.8) is 0 Å². The first-order valence-corrected chi connectivity index (χ1v) is 7.39. The number of carbonyl (C=O) groups excluding carboxylic acids is 1. The lowest BCUT2D eigenvalue weighted by molar-refractivity contribution is -0.0497. The Kier molecular flexibility index (Phi) is 6.75. The summed E-state index contributed by atoms with van der Waals surface area (Å²) >= 11 is 0. The van der Waals surface area contributed by atoms with Crippen LogP contribution < -0.4 is 15.4 Å². The number of carbonyl (C=O) groups is 1. The molecule has 0 radical (unpaired) electrons. The highest BCUT2D eigenvalue weighted by molar-refractivity contribution is 5.89. The zero-order valence-corrected chi connectivity index (χ0v) is 13.8. The SMILES string of the molecule is CC(C)C(O)C(C)(C)CNC(=O)Nc1cccc(OC(F)F)c1. The van der Waals surface area contributed by atoms with E-state index in [1.165, 1.54) is 18.2 Å². The van der Waals surface area contributed by atoms with E-state index in [1.807, 2.05) is 27.7 Å². The molecule has 2 amide bonds. The first-order chi connectivity index (χ1) is 10.6. The molecule has 3 N–H and O–H groups in total. The summed E-state index contributed by atoms with van der Waals surface area (Å²) < 4.78 is 28.6. The molecule has 1 unspecified atom stereocenters. The summed E-state index contributed by atoms with van der Waals surface area (Å²) in [6.45, 7) is 4.87.